The highest BCUT2D eigenvalue weighted by atomic mass is 16.5. The molecule has 0 spiro atoms. The Labute approximate surface area is 127 Å². The summed E-state index contributed by atoms with van der Waals surface area (Å²) in [4.78, 5) is 11.1. The van der Waals surface area contributed by atoms with Crippen LogP contribution in [0.15, 0.2) is 18.2 Å². The SMILES string of the molecule is COc1cc(NCC2CCC(C)CC2)ccc1NC(C)=O. The van der Waals surface area contributed by atoms with Gasteiger partial charge < -0.3 is 15.4 Å². The Morgan fingerprint density at radius 2 is 2.00 bits per heavy atom. The zero-order valence-corrected chi connectivity index (χ0v) is 13.2. The molecule has 0 radical (unpaired) electrons. The maximum Gasteiger partial charge on any atom is 0.221 e. The van der Waals surface area contributed by atoms with E-state index in [4.69, 9.17) is 4.74 Å². The minimum absolute atomic E-state index is 0.0923. The molecule has 0 heterocycles. The van der Waals surface area contributed by atoms with Crippen molar-refractivity contribution in [3.63, 3.8) is 0 Å². The second-order valence-electron chi connectivity index (χ2n) is 6.10. The minimum Gasteiger partial charge on any atom is -0.494 e. The predicted molar refractivity (Wildman–Crippen MR) is 86.9 cm³/mol. The smallest absolute Gasteiger partial charge is 0.221 e. The summed E-state index contributed by atoms with van der Waals surface area (Å²) in [6.45, 7) is 4.85. The lowest BCUT2D eigenvalue weighted by molar-refractivity contribution is -0.114. The van der Waals surface area contributed by atoms with E-state index < -0.39 is 0 Å². The summed E-state index contributed by atoms with van der Waals surface area (Å²) < 4.78 is 5.34. The molecule has 2 rings (SSSR count). The van der Waals surface area contributed by atoms with Gasteiger partial charge in [0, 0.05) is 25.2 Å². The van der Waals surface area contributed by atoms with Crippen molar-refractivity contribution in [3.05, 3.63) is 18.2 Å². The molecule has 1 aromatic rings. The van der Waals surface area contributed by atoms with Crippen LogP contribution in [0.2, 0.25) is 0 Å². The first-order chi connectivity index (χ1) is 10.1. The fourth-order valence-corrected chi connectivity index (χ4v) is 2.89. The monoisotopic (exact) mass is 290 g/mol. The Morgan fingerprint density at radius 1 is 1.29 bits per heavy atom. The summed E-state index contributed by atoms with van der Waals surface area (Å²) in [5.41, 5.74) is 1.75. The topological polar surface area (TPSA) is 50.4 Å². The maximum absolute atomic E-state index is 11.1. The van der Waals surface area contributed by atoms with Crippen molar-refractivity contribution in [3.8, 4) is 5.75 Å². The van der Waals surface area contributed by atoms with E-state index in [0.717, 1.165) is 24.1 Å². The van der Waals surface area contributed by atoms with Gasteiger partial charge in [-0.25, -0.2) is 0 Å². The molecule has 1 aliphatic carbocycles. The van der Waals surface area contributed by atoms with E-state index >= 15 is 0 Å². The van der Waals surface area contributed by atoms with Crippen LogP contribution in [0.25, 0.3) is 0 Å². The average Bonchev–Trinajstić information content (AvgIpc) is 2.47. The number of methoxy groups -OCH3 is 1. The summed E-state index contributed by atoms with van der Waals surface area (Å²) >= 11 is 0. The number of amides is 1. The van der Waals surface area contributed by atoms with Crippen LogP contribution in [-0.2, 0) is 4.79 Å². The number of hydrogen-bond acceptors (Lipinski definition) is 3. The number of ether oxygens (including phenoxy) is 1. The first-order valence-electron chi connectivity index (χ1n) is 7.78. The summed E-state index contributed by atoms with van der Waals surface area (Å²) in [6, 6.07) is 5.81. The lowest BCUT2D eigenvalue weighted by Gasteiger charge is -2.26. The first kappa shape index (κ1) is 15.7. The number of rotatable bonds is 5. The first-order valence-corrected chi connectivity index (χ1v) is 7.78. The van der Waals surface area contributed by atoms with Crippen molar-refractivity contribution >= 4 is 17.3 Å². The van der Waals surface area contributed by atoms with E-state index in [0.29, 0.717) is 11.4 Å². The molecule has 0 aliphatic heterocycles. The molecule has 4 heteroatoms. The van der Waals surface area contributed by atoms with Crippen LogP contribution in [0.4, 0.5) is 11.4 Å². The van der Waals surface area contributed by atoms with Crippen LogP contribution in [0.1, 0.15) is 39.5 Å². The quantitative estimate of drug-likeness (QED) is 0.865. The standard InChI is InChI=1S/C17H26N2O2/c1-12-4-6-14(7-5-12)11-18-15-8-9-16(19-13(2)20)17(10-15)21-3/h8-10,12,14,18H,4-7,11H2,1-3H3,(H,19,20). The Morgan fingerprint density at radius 3 is 2.62 bits per heavy atom. The molecule has 2 N–H and O–H groups in total. The van der Waals surface area contributed by atoms with Gasteiger partial charge in [-0.05, 0) is 36.8 Å². The zero-order valence-electron chi connectivity index (χ0n) is 13.2. The van der Waals surface area contributed by atoms with Crippen molar-refractivity contribution in [2.75, 3.05) is 24.3 Å². The second kappa shape index (κ2) is 7.34. The third kappa shape index (κ3) is 4.66. The molecule has 4 nitrogen and oxygen atoms in total. The molecule has 0 aromatic heterocycles. The van der Waals surface area contributed by atoms with Crippen molar-refractivity contribution in [1.82, 2.24) is 0 Å². The highest BCUT2D eigenvalue weighted by Crippen LogP contribution is 2.30. The van der Waals surface area contributed by atoms with Gasteiger partial charge in [0.1, 0.15) is 5.75 Å². The van der Waals surface area contributed by atoms with E-state index in [2.05, 4.69) is 17.6 Å². The molecule has 0 saturated heterocycles. The molecule has 0 atom stereocenters. The average molecular weight is 290 g/mol. The van der Waals surface area contributed by atoms with Gasteiger partial charge in [0.25, 0.3) is 0 Å². The normalized spacial score (nSPS) is 21.7. The van der Waals surface area contributed by atoms with E-state index in [9.17, 15) is 4.79 Å². The summed E-state index contributed by atoms with van der Waals surface area (Å²) in [6.07, 6.45) is 5.32. The molecular formula is C17H26N2O2. The van der Waals surface area contributed by atoms with Gasteiger partial charge in [-0.3, -0.25) is 4.79 Å². The van der Waals surface area contributed by atoms with E-state index in [1.165, 1.54) is 32.6 Å². The van der Waals surface area contributed by atoms with Crippen LogP contribution in [0, 0.1) is 11.8 Å². The minimum atomic E-state index is -0.0923. The largest absolute Gasteiger partial charge is 0.494 e. The zero-order chi connectivity index (χ0) is 15.2. The lowest BCUT2D eigenvalue weighted by Crippen LogP contribution is -2.20. The fraction of sp³-hybridized carbons (Fsp3) is 0.588. The molecule has 1 aliphatic rings. The van der Waals surface area contributed by atoms with Gasteiger partial charge in [-0.15, -0.1) is 0 Å². The molecule has 1 saturated carbocycles. The van der Waals surface area contributed by atoms with Gasteiger partial charge >= 0.3 is 0 Å². The second-order valence-corrected chi connectivity index (χ2v) is 6.10. The van der Waals surface area contributed by atoms with Crippen molar-refractivity contribution in [1.29, 1.82) is 0 Å². The molecule has 21 heavy (non-hydrogen) atoms. The Kier molecular flexibility index (Phi) is 5.48. The van der Waals surface area contributed by atoms with Gasteiger partial charge in [0.15, 0.2) is 0 Å². The van der Waals surface area contributed by atoms with E-state index in [-0.39, 0.29) is 5.91 Å². The number of hydrogen-bond donors (Lipinski definition) is 2. The molecule has 1 amide bonds. The summed E-state index contributed by atoms with van der Waals surface area (Å²) in [7, 11) is 1.62. The Hall–Kier alpha value is -1.71. The highest BCUT2D eigenvalue weighted by molar-refractivity contribution is 5.90. The molecular weight excluding hydrogens is 264 g/mol. The molecule has 1 fully saturated rings. The van der Waals surface area contributed by atoms with Crippen molar-refractivity contribution in [2.24, 2.45) is 11.8 Å². The van der Waals surface area contributed by atoms with Gasteiger partial charge in [0.2, 0.25) is 5.91 Å². The van der Waals surface area contributed by atoms with Crippen LogP contribution < -0.4 is 15.4 Å². The number of nitrogens with one attached hydrogen (secondary N) is 2. The summed E-state index contributed by atoms with van der Waals surface area (Å²) in [5, 5.41) is 6.26. The molecule has 0 bridgehead atoms. The highest BCUT2D eigenvalue weighted by Gasteiger charge is 2.18. The van der Waals surface area contributed by atoms with E-state index in [1.807, 2.05) is 18.2 Å². The van der Waals surface area contributed by atoms with Gasteiger partial charge in [0.05, 0.1) is 12.8 Å². The third-order valence-electron chi connectivity index (χ3n) is 4.24. The van der Waals surface area contributed by atoms with E-state index in [1.54, 1.807) is 7.11 Å². The number of benzene rings is 1. The molecule has 1 aromatic carbocycles. The van der Waals surface area contributed by atoms with Gasteiger partial charge in [-0.2, -0.15) is 0 Å². The Bertz CT molecular complexity index is 480. The van der Waals surface area contributed by atoms with Crippen LogP contribution >= 0.6 is 0 Å². The molecule has 116 valence electrons. The maximum atomic E-state index is 11.1. The number of carbonyl (C=O) groups is 1. The van der Waals surface area contributed by atoms with Crippen LogP contribution in [0.5, 0.6) is 5.75 Å². The Balaban J connectivity index is 1.92. The van der Waals surface area contributed by atoms with Crippen LogP contribution in [-0.4, -0.2) is 19.6 Å². The lowest BCUT2D eigenvalue weighted by atomic mass is 9.83. The fourth-order valence-electron chi connectivity index (χ4n) is 2.89. The summed E-state index contributed by atoms with van der Waals surface area (Å²) in [5.74, 6) is 2.25. The predicted octanol–water partition coefficient (Wildman–Crippen LogP) is 3.89. The van der Waals surface area contributed by atoms with Crippen LogP contribution in [0.3, 0.4) is 0 Å². The van der Waals surface area contributed by atoms with Gasteiger partial charge in [-0.1, -0.05) is 19.8 Å². The van der Waals surface area contributed by atoms with Crippen molar-refractivity contribution < 1.29 is 9.53 Å². The van der Waals surface area contributed by atoms with Crippen molar-refractivity contribution in [2.45, 2.75) is 39.5 Å². The third-order valence-corrected chi connectivity index (χ3v) is 4.24. The number of anilines is 2. The number of carbonyl (C=O) groups excluding carboxylic acids is 1. The molecule has 0 unspecified atom stereocenters.